The standard InChI is InChI=1S/C20H21NO3S/c1-12-8-15-18(9-13(12)2)25-19(21-15)7-6-14-10-16(22-3)20(24-5)17(11-14)23-4/h6-11H,1-5H3. The summed E-state index contributed by atoms with van der Waals surface area (Å²) in [5.41, 5.74) is 4.55. The Hall–Kier alpha value is -2.53. The molecule has 0 amide bonds. The van der Waals surface area contributed by atoms with Crippen molar-refractivity contribution in [2.75, 3.05) is 21.3 Å². The van der Waals surface area contributed by atoms with Gasteiger partial charge in [0.2, 0.25) is 5.75 Å². The van der Waals surface area contributed by atoms with Gasteiger partial charge in [-0.2, -0.15) is 0 Å². The number of thiazole rings is 1. The molecule has 3 aromatic rings. The molecule has 1 aromatic heterocycles. The first-order chi connectivity index (χ1) is 12.0. The lowest BCUT2D eigenvalue weighted by molar-refractivity contribution is 0.324. The van der Waals surface area contributed by atoms with Crippen molar-refractivity contribution >= 4 is 33.7 Å². The second-order valence-corrected chi connectivity index (χ2v) is 6.81. The van der Waals surface area contributed by atoms with Crippen LogP contribution < -0.4 is 14.2 Å². The summed E-state index contributed by atoms with van der Waals surface area (Å²) < 4.78 is 17.3. The van der Waals surface area contributed by atoms with E-state index in [1.165, 1.54) is 15.8 Å². The van der Waals surface area contributed by atoms with Crippen LogP contribution in [-0.2, 0) is 0 Å². The number of hydrogen-bond acceptors (Lipinski definition) is 5. The van der Waals surface area contributed by atoms with E-state index in [0.717, 1.165) is 16.1 Å². The lowest BCUT2D eigenvalue weighted by Crippen LogP contribution is -1.95. The number of aromatic nitrogens is 1. The van der Waals surface area contributed by atoms with Crippen molar-refractivity contribution in [3.05, 3.63) is 46.0 Å². The summed E-state index contributed by atoms with van der Waals surface area (Å²) >= 11 is 1.68. The van der Waals surface area contributed by atoms with Crippen LogP contribution in [0, 0.1) is 13.8 Å². The predicted molar refractivity (Wildman–Crippen MR) is 104 cm³/mol. The van der Waals surface area contributed by atoms with Gasteiger partial charge in [-0.25, -0.2) is 4.98 Å². The van der Waals surface area contributed by atoms with E-state index in [2.05, 4.69) is 26.0 Å². The average Bonchev–Trinajstić information content (AvgIpc) is 3.00. The Labute approximate surface area is 151 Å². The molecule has 0 radical (unpaired) electrons. The molecular weight excluding hydrogens is 334 g/mol. The molecule has 0 aliphatic carbocycles. The van der Waals surface area contributed by atoms with Crippen molar-refractivity contribution in [2.45, 2.75) is 13.8 Å². The van der Waals surface area contributed by atoms with Gasteiger partial charge in [0.15, 0.2) is 11.5 Å². The molecular formula is C20H21NO3S. The van der Waals surface area contributed by atoms with Gasteiger partial charge in [-0.1, -0.05) is 6.08 Å². The van der Waals surface area contributed by atoms with E-state index >= 15 is 0 Å². The highest BCUT2D eigenvalue weighted by Gasteiger charge is 2.12. The molecule has 5 heteroatoms. The Morgan fingerprint density at radius 1 is 0.840 bits per heavy atom. The number of fused-ring (bicyclic) bond motifs is 1. The Morgan fingerprint density at radius 2 is 1.48 bits per heavy atom. The van der Waals surface area contributed by atoms with Gasteiger partial charge in [0.25, 0.3) is 0 Å². The van der Waals surface area contributed by atoms with Crippen molar-refractivity contribution < 1.29 is 14.2 Å². The van der Waals surface area contributed by atoms with E-state index < -0.39 is 0 Å². The van der Waals surface area contributed by atoms with Crippen LogP contribution in [0.2, 0.25) is 0 Å². The zero-order valence-corrected chi connectivity index (χ0v) is 15.9. The molecule has 0 fully saturated rings. The minimum absolute atomic E-state index is 0.591. The van der Waals surface area contributed by atoms with E-state index in [1.54, 1.807) is 32.7 Å². The number of rotatable bonds is 5. The molecule has 0 N–H and O–H groups in total. The lowest BCUT2D eigenvalue weighted by Gasteiger charge is -2.12. The maximum atomic E-state index is 5.39. The van der Waals surface area contributed by atoms with Gasteiger partial charge >= 0.3 is 0 Å². The van der Waals surface area contributed by atoms with E-state index in [1.807, 2.05) is 24.3 Å². The summed E-state index contributed by atoms with van der Waals surface area (Å²) in [4.78, 5) is 4.69. The van der Waals surface area contributed by atoms with Crippen LogP contribution in [0.1, 0.15) is 21.7 Å². The molecule has 130 valence electrons. The molecule has 25 heavy (non-hydrogen) atoms. The lowest BCUT2D eigenvalue weighted by atomic mass is 10.1. The second kappa shape index (κ2) is 7.15. The van der Waals surface area contributed by atoms with Crippen molar-refractivity contribution in [3.8, 4) is 17.2 Å². The van der Waals surface area contributed by atoms with Gasteiger partial charge < -0.3 is 14.2 Å². The first-order valence-electron chi connectivity index (χ1n) is 7.91. The Bertz CT molecular complexity index is 880. The first kappa shape index (κ1) is 17.3. The first-order valence-corrected chi connectivity index (χ1v) is 8.73. The van der Waals surface area contributed by atoms with E-state index in [9.17, 15) is 0 Å². The fourth-order valence-electron chi connectivity index (χ4n) is 2.63. The molecule has 0 saturated carbocycles. The molecule has 0 aliphatic heterocycles. The summed E-state index contributed by atoms with van der Waals surface area (Å²) in [5.74, 6) is 1.86. The molecule has 4 nitrogen and oxygen atoms in total. The monoisotopic (exact) mass is 355 g/mol. The van der Waals surface area contributed by atoms with Crippen LogP contribution in [0.3, 0.4) is 0 Å². The summed E-state index contributed by atoms with van der Waals surface area (Å²) in [7, 11) is 4.83. The van der Waals surface area contributed by atoms with Gasteiger partial charge in [0.05, 0.1) is 31.5 Å². The van der Waals surface area contributed by atoms with Crippen LogP contribution >= 0.6 is 11.3 Å². The third-order valence-electron chi connectivity index (χ3n) is 4.13. The maximum absolute atomic E-state index is 5.39. The molecule has 0 unspecified atom stereocenters. The molecule has 0 bridgehead atoms. The Balaban J connectivity index is 1.96. The van der Waals surface area contributed by atoms with Crippen molar-refractivity contribution in [1.82, 2.24) is 4.98 Å². The van der Waals surface area contributed by atoms with Crippen molar-refractivity contribution in [3.63, 3.8) is 0 Å². The maximum Gasteiger partial charge on any atom is 0.203 e. The highest BCUT2D eigenvalue weighted by molar-refractivity contribution is 7.19. The zero-order valence-electron chi connectivity index (χ0n) is 15.0. The van der Waals surface area contributed by atoms with Crippen molar-refractivity contribution in [1.29, 1.82) is 0 Å². The normalized spacial score (nSPS) is 11.2. The average molecular weight is 355 g/mol. The van der Waals surface area contributed by atoms with Crippen LogP contribution in [0.5, 0.6) is 17.2 Å². The molecule has 0 spiro atoms. The number of methoxy groups -OCH3 is 3. The van der Waals surface area contributed by atoms with Gasteiger partial charge in [-0.3, -0.25) is 0 Å². The zero-order chi connectivity index (χ0) is 18.0. The quantitative estimate of drug-likeness (QED) is 0.638. The summed E-state index contributed by atoms with van der Waals surface area (Å²) in [6, 6.07) is 8.16. The molecule has 0 saturated heterocycles. The Kier molecular flexibility index (Phi) is 4.95. The predicted octanol–water partition coefficient (Wildman–Crippen LogP) is 5.11. The minimum Gasteiger partial charge on any atom is -0.493 e. The molecule has 1 heterocycles. The Morgan fingerprint density at radius 3 is 2.08 bits per heavy atom. The number of aryl methyl sites for hydroxylation is 2. The fraction of sp³-hybridized carbons (Fsp3) is 0.250. The SMILES string of the molecule is COc1cc(C=Cc2nc3cc(C)c(C)cc3s2)cc(OC)c1OC. The van der Waals surface area contributed by atoms with Crippen LogP contribution in [-0.4, -0.2) is 26.3 Å². The number of hydrogen-bond donors (Lipinski definition) is 0. The van der Waals surface area contributed by atoms with E-state index in [4.69, 9.17) is 19.2 Å². The van der Waals surface area contributed by atoms with E-state index in [-0.39, 0.29) is 0 Å². The summed E-state index contributed by atoms with van der Waals surface area (Å²) in [6.07, 6.45) is 4.01. The minimum atomic E-state index is 0.591. The van der Waals surface area contributed by atoms with Crippen molar-refractivity contribution in [2.24, 2.45) is 0 Å². The van der Waals surface area contributed by atoms with Crippen LogP contribution in [0.4, 0.5) is 0 Å². The van der Waals surface area contributed by atoms with Gasteiger partial charge in [-0.15, -0.1) is 11.3 Å². The number of nitrogens with zero attached hydrogens (tertiary/aromatic N) is 1. The third kappa shape index (κ3) is 3.46. The van der Waals surface area contributed by atoms with Crippen LogP contribution in [0.25, 0.3) is 22.4 Å². The van der Waals surface area contributed by atoms with E-state index in [0.29, 0.717) is 17.2 Å². The van der Waals surface area contributed by atoms with Gasteiger partial charge in [0, 0.05) is 0 Å². The number of benzene rings is 2. The van der Waals surface area contributed by atoms with Crippen LogP contribution in [0.15, 0.2) is 24.3 Å². The molecule has 2 aromatic carbocycles. The third-order valence-corrected chi connectivity index (χ3v) is 5.11. The highest BCUT2D eigenvalue weighted by atomic mass is 32.1. The molecule has 0 aliphatic rings. The number of ether oxygens (including phenoxy) is 3. The second-order valence-electron chi connectivity index (χ2n) is 5.75. The fourth-order valence-corrected chi connectivity index (χ4v) is 3.58. The molecule has 0 atom stereocenters. The largest absolute Gasteiger partial charge is 0.493 e. The van der Waals surface area contributed by atoms with Gasteiger partial charge in [0.1, 0.15) is 5.01 Å². The van der Waals surface area contributed by atoms with Gasteiger partial charge in [-0.05, 0) is 60.9 Å². The summed E-state index contributed by atoms with van der Waals surface area (Å²) in [6.45, 7) is 4.24. The highest BCUT2D eigenvalue weighted by Crippen LogP contribution is 2.38. The molecule has 3 rings (SSSR count). The smallest absolute Gasteiger partial charge is 0.203 e. The topological polar surface area (TPSA) is 40.6 Å². The summed E-state index contributed by atoms with van der Waals surface area (Å²) in [5, 5.41) is 0.966.